The Morgan fingerprint density at radius 1 is 1.38 bits per heavy atom. The molecule has 0 aliphatic rings. The largest absolute Gasteiger partial charge is 0.553 e. The zero-order chi connectivity index (χ0) is 6.62. The topological polar surface area (TPSA) is 70.8 Å². The highest BCUT2D eigenvalue weighted by molar-refractivity contribution is 7.48. The molecule has 0 aliphatic heterocycles. The fourth-order valence-electron chi connectivity index (χ4n) is 0.0432. The van der Waals surface area contributed by atoms with Crippen molar-refractivity contribution in [2.75, 3.05) is 0 Å². The van der Waals surface area contributed by atoms with Crippen molar-refractivity contribution >= 4 is 7.82 Å². The molecule has 8 heteroatoms. The first-order valence-corrected chi connectivity index (χ1v) is 2.74. The fraction of sp³-hybridized carbons (Fsp3) is 0. The van der Waals surface area contributed by atoms with Crippen LogP contribution in [-0.2, 0) is 18.6 Å². The Kier molecular flexibility index (Phi) is 3.03. The van der Waals surface area contributed by atoms with E-state index in [0.29, 0.717) is 0 Å². The monoisotopic (exact) mass is 149 g/mol. The molecule has 0 rings (SSSR count). The van der Waals surface area contributed by atoms with Gasteiger partial charge in [-0.25, -0.2) is 10.5 Å². The number of hydrogen-bond acceptors (Lipinski definition) is 5. The van der Waals surface area contributed by atoms with Crippen molar-refractivity contribution in [1.29, 1.82) is 0 Å². The summed E-state index contributed by atoms with van der Waals surface area (Å²) < 4.78 is 39.0. The van der Waals surface area contributed by atoms with Crippen molar-refractivity contribution in [3.63, 3.8) is 0 Å². The number of halogens is 2. The molecule has 0 unspecified atom stereocenters. The number of hydrogen-bond donors (Lipinski definition) is 1. The molecule has 0 bridgehead atoms. The van der Waals surface area contributed by atoms with E-state index in [9.17, 15) is 13.6 Å². The van der Waals surface area contributed by atoms with Gasteiger partial charge in [-0.2, -0.15) is 4.62 Å². The van der Waals surface area contributed by atoms with E-state index in [-0.39, 0.29) is 0 Å². The molecule has 0 atom stereocenters. The quantitative estimate of drug-likeness (QED) is 0.474. The van der Waals surface area contributed by atoms with Gasteiger partial charge in [-0.15, -0.1) is 0 Å². The van der Waals surface area contributed by atoms with E-state index >= 15 is 0 Å². The SMILES string of the molecule is NOP(=O)(OF)OF. The minimum Gasteiger partial charge on any atom is -0.221 e. The molecule has 0 saturated heterocycles. The highest BCUT2D eigenvalue weighted by Crippen LogP contribution is 2.47. The van der Waals surface area contributed by atoms with Crippen LogP contribution in [-0.4, -0.2) is 0 Å². The zero-order valence-corrected chi connectivity index (χ0v) is 4.31. The van der Waals surface area contributed by atoms with Crippen molar-refractivity contribution < 1.29 is 27.7 Å². The average Bonchev–Trinajstić information content (AvgIpc) is 1.87. The lowest BCUT2D eigenvalue weighted by Gasteiger charge is -1.98. The Bertz CT molecular complexity index is 85.2. The molecule has 0 saturated carbocycles. The Morgan fingerprint density at radius 2 is 1.75 bits per heavy atom. The van der Waals surface area contributed by atoms with Crippen LogP contribution in [0.5, 0.6) is 0 Å². The predicted octanol–water partition coefficient (Wildman–Crippen LogP) is 0.787. The van der Waals surface area contributed by atoms with E-state index in [1.807, 2.05) is 0 Å². The summed E-state index contributed by atoms with van der Waals surface area (Å²) in [7, 11) is -4.72. The van der Waals surface area contributed by atoms with E-state index in [0.717, 1.165) is 0 Å². The van der Waals surface area contributed by atoms with Gasteiger partial charge in [-0.1, -0.05) is 9.46 Å². The summed E-state index contributed by atoms with van der Waals surface area (Å²) in [6.45, 7) is 0. The van der Waals surface area contributed by atoms with Gasteiger partial charge in [0.1, 0.15) is 0 Å². The zero-order valence-electron chi connectivity index (χ0n) is 3.41. The van der Waals surface area contributed by atoms with E-state index in [4.69, 9.17) is 0 Å². The van der Waals surface area contributed by atoms with E-state index in [2.05, 4.69) is 20.0 Å². The minimum atomic E-state index is -4.72. The summed E-state index contributed by atoms with van der Waals surface area (Å²) in [6, 6.07) is 0. The van der Waals surface area contributed by atoms with Crippen molar-refractivity contribution in [2.45, 2.75) is 0 Å². The van der Waals surface area contributed by atoms with Gasteiger partial charge >= 0.3 is 7.82 Å². The Morgan fingerprint density at radius 3 is 1.75 bits per heavy atom. The first kappa shape index (κ1) is 7.93. The van der Waals surface area contributed by atoms with Crippen LogP contribution in [0.4, 0.5) is 9.05 Å². The smallest absolute Gasteiger partial charge is 0.221 e. The predicted molar refractivity (Wildman–Crippen MR) is 17.3 cm³/mol. The molecule has 0 aromatic carbocycles. The number of nitrogens with two attached hydrogens (primary N) is 1. The van der Waals surface area contributed by atoms with Crippen molar-refractivity contribution in [3.8, 4) is 0 Å². The molecule has 0 heterocycles. The highest BCUT2D eigenvalue weighted by atomic mass is 31.2. The lowest BCUT2D eigenvalue weighted by atomic mass is 13.6. The maximum Gasteiger partial charge on any atom is 0.553 e. The highest BCUT2D eigenvalue weighted by Gasteiger charge is 2.28. The molecule has 0 aromatic heterocycles. The minimum absolute atomic E-state index is 2.35. The van der Waals surface area contributed by atoms with Gasteiger partial charge in [0.05, 0.1) is 0 Å². The molecule has 0 fully saturated rings. The van der Waals surface area contributed by atoms with Crippen LogP contribution in [0.15, 0.2) is 0 Å². The second-order valence-electron chi connectivity index (χ2n) is 0.691. The molecule has 0 aromatic rings. The second-order valence-corrected chi connectivity index (χ2v) is 2.07. The molecule has 5 nitrogen and oxygen atoms in total. The Hall–Kier alpha value is -0.0700. The molecule has 0 spiro atoms. The van der Waals surface area contributed by atoms with E-state index < -0.39 is 7.82 Å². The van der Waals surface area contributed by atoms with Crippen LogP contribution in [0.25, 0.3) is 0 Å². The lowest BCUT2D eigenvalue weighted by Crippen LogP contribution is -1.96. The molecule has 50 valence electrons. The third-order valence-electron chi connectivity index (χ3n) is 0.298. The summed E-state index contributed by atoms with van der Waals surface area (Å²) in [6.07, 6.45) is 0. The summed E-state index contributed by atoms with van der Waals surface area (Å²) >= 11 is 0. The summed E-state index contributed by atoms with van der Waals surface area (Å²) in [5, 5.41) is 0. The lowest BCUT2D eigenvalue weighted by molar-refractivity contribution is -0.118. The normalized spacial score (nSPS) is 11.9. The Balaban J connectivity index is 3.79. The molecule has 0 amide bonds. The van der Waals surface area contributed by atoms with Gasteiger partial charge in [-0.05, 0) is 9.05 Å². The second kappa shape index (κ2) is 3.06. The van der Waals surface area contributed by atoms with Gasteiger partial charge in [-0.3, -0.25) is 0 Å². The van der Waals surface area contributed by atoms with Crippen molar-refractivity contribution in [3.05, 3.63) is 0 Å². The van der Waals surface area contributed by atoms with Crippen LogP contribution in [0.3, 0.4) is 0 Å². The molecular weight excluding hydrogens is 147 g/mol. The van der Waals surface area contributed by atoms with Crippen LogP contribution in [0.2, 0.25) is 0 Å². The van der Waals surface area contributed by atoms with Crippen LogP contribution < -0.4 is 5.90 Å². The molecule has 2 N–H and O–H groups in total. The third-order valence-corrected chi connectivity index (χ3v) is 0.894. The van der Waals surface area contributed by atoms with E-state index in [1.165, 1.54) is 0 Å². The van der Waals surface area contributed by atoms with Gasteiger partial charge in [0.25, 0.3) is 0 Å². The maximum atomic E-state index is 10.7. The average molecular weight is 149 g/mol. The number of rotatable bonds is 3. The van der Waals surface area contributed by atoms with Crippen LogP contribution in [0, 0.1) is 0 Å². The van der Waals surface area contributed by atoms with E-state index in [1.54, 1.807) is 0 Å². The van der Waals surface area contributed by atoms with Gasteiger partial charge in [0.2, 0.25) is 0 Å². The fourth-order valence-corrected chi connectivity index (χ4v) is 0.130. The Labute approximate surface area is 42.7 Å². The van der Waals surface area contributed by atoms with Crippen molar-refractivity contribution in [2.24, 2.45) is 5.90 Å². The van der Waals surface area contributed by atoms with Gasteiger partial charge < -0.3 is 0 Å². The number of phosphoric acid groups is 1. The van der Waals surface area contributed by atoms with Gasteiger partial charge in [0.15, 0.2) is 0 Å². The van der Waals surface area contributed by atoms with Crippen molar-refractivity contribution in [1.82, 2.24) is 0 Å². The third kappa shape index (κ3) is 1.81. The first-order chi connectivity index (χ1) is 3.68. The molecular formula is H2F2NO4P. The summed E-state index contributed by atoms with van der Waals surface area (Å²) in [4.78, 5) is 0. The van der Waals surface area contributed by atoms with Crippen LogP contribution >= 0.6 is 7.82 Å². The van der Waals surface area contributed by atoms with Crippen LogP contribution in [0.1, 0.15) is 0 Å². The first-order valence-electron chi connectivity index (χ1n) is 1.27. The molecule has 0 radical (unpaired) electrons. The standard InChI is InChI=1S/F2H2NO4P/c1-5-8(4,6-2)7-3/h3H2. The molecule has 8 heavy (non-hydrogen) atoms. The van der Waals surface area contributed by atoms with Gasteiger partial charge in [0, 0.05) is 0 Å². The molecule has 0 aliphatic carbocycles. The maximum absolute atomic E-state index is 10.7. The summed E-state index contributed by atoms with van der Waals surface area (Å²) in [5.41, 5.74) is 0. The summed E-state index contributed by atoms with van der Waals surface area (Å²) in [5.74, 6) is 4.03.